The van der Waals surface area contributed by atoms with E-state index in [2.05, 4.69) is 15.9 Å². The number of nitrogens with zero attached hydrogens (tertiary/aromatic N) is 2. The highest BCUT2D eigenvalue weighted by Gasteiger charge is 2.28. The summed E-state index contributed by atoms with van der Waals surface area (Å²) in [5.74, 6) is -1.17. The second kappa shape index (κ2) is 6.99. The fraction of sp³-hybridized carbons (Fsp3) is 0.545. The lowest BCUT2D eigenvalue weighted by Crippen LogP contribution is -2.39. The molecule has 0 radical (unpaired) electrons. The first-order chi connectivity index (χ1) is 9.14. The Morgan fingerprint density at radius 1 is 1.40 bits per heavy atom. The predicted molar refractivity (Wildman–Crippen MR) is 81.7 cm³/mol. The average Bonchev–Trinajstić information content (AvgIpc) is 2.65. The van der Waals surface area contributed by atoms with Gasteiger partial charge >= 0.3 is 5.97 Å². The molecule has 0 fully saturated rings. The molecule has 1 aromatic heterocycles. The third-order valence-corrected chi connectivity index (χ3v) is 6.97. The Kier molecular flexibility index (Phi) is 6.14. The Morgan fingerprint density at radius 3 is 2.40 bits per heavy atom. The van der Waals surface area contributed by atoms with Crippen LogP contribution in [0, 0.1) is 6.92 Å². The molecule has 0 unspecified atom stereocenters. The first kappa shape index (κ1) is 17.6. The molecule has 0 aliphatic rings. The van der Waals surface area contributed by atoms with E-state index in [0.29, 0.717) is 6.54 Å². The largest absolute Gasteiger partial charge is 0.480 e. The minimum Gasteiger partial charge on any atom is -0.480 e. The second-order valence-electron chi connectivity index (χ2n) is 4.56. The summed E-state index contributed by atoms with van der Waals surface area (Å²) in [6.45, 7) is 1.85. The molecule has 6 nitrogen and oxygen atoms in total. The fourth-order valence-corrected chi connectivity index (χ4v) is 5.19. The second-order valence-corrected chi connectivity index (χ2v) is 9.09. The van der Waals surface area contributed by atoms with E-state index in [0.717, 1.165) is 25.0 Å². The van der Waals surface area contributed by atoms with Gasteiger partial charge in [0, 0.05) is 13.1 Å². The van der Waals surface area contributed by atoms with Crippen molar-refractivity contribution in [3.63, 3.8) is 0 Å². The lowest BCUT2D eigenvalue weighted by Gasteiger charge is -2.21. The molecule has 0 aliphatic heterocycles. The number of hydrogen-bond acceptors (Lipinski definition) is 5. The van der Waals surface area contributed by atoms with Gasteiger partial charge in [-0.2, -0.15) is 4.31 Å². The summed E-state index contributed by atoms with van der Waals surface area (Å²) in [5.41, 5.74) is 0.816. The molecule has 1 rings (SSSR count). The number of halogens is 1. The number of rotatable bonds is 7. The number of aliphatic carboxylic acids is 1. The number of aryl methyl sites for hydroxylation is 1. The van der Waals surface area contributed by atoms with Crippen molar-refractivity contribution in [2.24, 2.45) is 0 Å². The standard InChI is InChI=1S/C11H17BrN2O4S2/c1-8-6-10(19-11(8)12)20(17,18)14(7-9(15)16)5-4-13(2)3/h6H,4-5,7H2,1-3H3,(H,15,16). The molecule has 114 valence electrons. The highest BCUT2D eigenvalue weighted by Crippen LogP contribution is 2.32. The third-order valence-electron chi connectivity index (χ3n) is 2.54. The van der Waals surface area contributed by atoms with Crippen molar-refractivity contribution in [2.45, 2.75) is 11.1 Å². The highest BCUT2D eigenvalue weighted by molar-refractivity contribution is 9.11. The van der Waals surface area contributed by atoms with Gasteiger partial charge in [0.15, 0.2) is 0 Å². The molecular weight excluding hydrogens is 368 g/mol. The number of carboxylic acids is 1. The lowest BCUT2D eigenvalue weighted by atomic mass is 10.4. The normalized spacial score (nSPS) is 12.3. The van der Waals surface area contributed by atoms with Crippen LogP contribution < -0.4 is 0 Å². The smallest absolute Gasteiger partial charge is 0.318 e. The molecule has 0 bridgehead atoms. The molecule has 20 heavy (non-hydrogen) atoms. The van der Waals surface area contributed by atoms with Gasteiger partial charge in [0.1, 0.15) is 10.8 Å². The molecule has 1 aromatic rings. The summed E-state index contributed by atoms with van der Waals surface area (Å²) >= 11 is 4.37. The van der Waals surface area contributed by atoms with E-state index in [9.17, 15) is 13.2 Å². The van der Waals surface area contributed by atoms with Crippen molar-refractivity contribution in [1.29, 1.82) is 0 Å². The van der Waals surface area contributed by atoms with E-state index in [4.69, 9.17) is 5.11 Å². The first-order valence-electron chi connectivity index (χ1n) is 5.77. The zero-order valence-corrected chi connectivity index (χ0v) is 14.7. The zero-order valence-electron chi connectivity index (χ0n) is 11.5. The molecule has 0 aromatic carbocycles. The number of carbonyl (C=O) groups is 1. The van der Waals surface area contributed by atoms with Gasteiger partial charge in [-0.05, 0) is 48.6 Å². The van der Waals surface area contributed by atoms with E-state index in [-0.39, 0.29) is 10.8 Å². The molecule has 1 N–H and O–H groups in total. The quantitative estimate of drug-likeness (QED) is 0.769. The molecule has 0 saturated carbocycles. The molecule has 0 aliphatic carbocycles. The molecule has 0 spiro atoms. The number of thiophene rings is 1. The number of likely N-dealkylation sites (N-methyl/N-ethyl adjacent to an activating group) is 1. The topological polar surface area (TPSA) is 77.9 Å². The van der Waals surface area contributed by atoms with Crippen molar-refractivity contribution in [3.05, 3.63) is 15.4 Å². The van der Waals surface area contributed by atoms with Crippen LogP contribution in [0.25, 0.3) is 0 Å². The van der Waals surface area contributed by atoms with E-state index in [1.54, 1.807) is 32.0 Å². The summed E-state index contributed by atoms with van der Waals surface area (Å²) in [6, 6.07) is 1.55. The average molecular weight is 385 g/mol. The Hall–Kier alpha value is -0.480. The molecule has 0 saturated heterocycles. The van der Waals surface area contributed by atoms with Crippen LogP contribution in [0.5, 0.6) is 0 Å². The number of hydrogen-bond donors (Lipinski definition) is 1. The van der Waals surface area contributed by atoms with Gasteiger partial charge in [0.05, 0.1) is 3.79 Å². The number of sulfonamides is 1. The van der Waals surface area contributed by atoms with Gasteiger partial charge in [-0.1, -0.05) is 0 Å². The van der Waals surface area contributed by atoms with Crippen LogP contribution in [-0.4, -0.2) is 62.4 Å². The minimum absolute atomic E-state index is 0.135. The SMILES string of the molecule is Cc1cc(S(=O)(=O)N(CCN(C)C)CC(=O)O)sc1Br. The summed E-state index contributed by atoms with van der Waals surface area (Å²) in [5, 5.41) is 8.89. The van der Waals surface area contributed by atoms with Crippen molar-refractivity contribution in [3.8, 4) is 0 Å². The van der Waals surface area contributed by atoms with Crippen LogP contribution in [0.4, 0.5) is 0 Å². The number of carboxylic acid groups (broad SMARTS) is 1. The Bertz CT molecular complexity index is 564. The molecular formula is C11H17BrN2O4S2. The van der Waals surface area contributed by atoms with Gasteiger partial charge in [0.2, 0.25) is 0 Å². The summed E-state index contributed by atoms with van der Waals surface area (Å²) < 4.78 is 26.8. The summed E-state index contributed by atoms with van der Waals surface area (Å²) in [6.07, 6.45) is 0. The molecule has 9 heteroatoms. The predicted octanol–water partition coefficient (Wildman–Crippen LogP) is 1.46. The fourth-order valence-electron chi connectivity index (χ4n) is 1.43. The maximum atomic E-state index is 12.5. The molecule has 1 heterocycles. The van der Waals surface area contributed by atoms with Gasteiger partial charge in [-0.25, -0.2) is 8.42 Å². The van der Waals surface area contributed by atoms with Crippen molar-refractivity contribution < 1.29 is 18.3 Å². The van der Waals surface area contributed by atoms with Crippen LogP contribution in [0.3, 0.4) is 0 Å². The van der Waals surface area contributed by atoms with E-state index in [1.807, 2.05) is 0 Å². The van der Waals surface area contributed by atoms with Gasteiger partial charge in [-0.15, -0.1) is 11.3 Å². The zero-order chi connectivity index (χ0) is 15.5. The van der Waals surface area contributed by atoms with Gasteiger partial charge in [-0.3, -0.25) is 4.79 Å². The maximum absolute atomic E-state index is 12.5. The van der Waals surface area contributed by atoms with Crippen LogP contribution in [-0.2, 0) is 14.8 Å². The van der Waals surface area contributed by atoms with E-state index < -0.39 is 22.5 Å². The third kappa shape index (κ3) is 4.52. The van der Waals surface area contributed by atoms with Gasteiger partial charge in [0.25, 0.3) is 10.0 Å². The highest BCUT2D eigenvalue weighted by atomic mass is 79.9. The van der Waals surface area contributed by atoms with Crippen LogP contribution in [0.2, 0.25) is 0 Å². The summed E-state index contributed by atoms with van der Waals surface area (Å²) in [7, 11) is -0.173. The van der Waals surface area contributed by atoms with Crippen LogP contribution >= 0.6 is 27.3 Å². The lowest BCUT2D eigenvalue weighted by molar-refractivity contribution is -0.137. The van der Waals surface area contributed by atoms with Gasteiger partial charge < -0.3 is 10.0 Å². The summed E-state index contributed by atoms with van der Waals surface area (Å²) in [4.78, 5) is 12.7. The van der Waals surface area contributed by atoms with E-state index >= 15 is 0 Å². The molecule has 0 amide bonds. The Labute approximate surface area is 131 Å². The van der Waals surface area contributed by atoms with Crippen LogP contribution in [0.1, 0.15) is 5.56 Å². The minimum atomic E-state index is -3.78. The first-order valence-corrected chi connectivity index (χ1v) is 8.82. The van der Waals surface area contributed by atoms with Crippen molar-refractivity contribution >= 4 is 43.3 Å². The maximum Gasteiger partial charge on any atom is 0.318 e. The molecule has 0 atom stereocenters. The Morgan fingerprint density at radius 2 is 2.00 bits per heavy atom. The monoisotopic (exact) mass is 384 g/mol. The van der Waals surface area contributed by atoms with Crippen molar-refractivity contribution in [1.82, 2.24) is 9.21 Å². The van der Waals surface area contributed by atoms with Crippen molar-refractivity contribution in [2.75, 3.05) is 33.7 Å². The Balaban J connectivity index is 3.06. The van der Waals surface area contributed by atoms with Crippen LogP contribution in [0.15, 0.2) is 14.1 Å². The van der Waals surface area contributed by atoms with E-state index in [1.165, 1.54) is 0 Å².